The van der Waals surface area contributed by atoms with Gasteiger partial charge in [-0.25, -0.2) is 0 Å². The summed E-state index contributed by atoms with van der Waals surface area (Å²) in [4.78, 5) is 2.61. The van der Waals surface area contributed by atoms with Crippen LogP contribution in [0.3, 0.4) is 0 Å². The highest BCUT2D eigenvalue weighted by Crippen LogP contribution is 2.48. The molecule has 0 nitrogen and oxygen atoms in total. The second kappa shape index (κ2) is 18.9. The molecule has 0 aromatic heterocycles. The molecule has 0 N–H and O–H groups in total. The zero-order valence-corrected chi connectivity index (χ0v) is 41.3. The molecule has 64 heavy (non-hydrogen) atoms. The second-order valence-electron chi connectivity index (χ2n) is 18.9. The maximum atomic E-state index is 2.55. The predicted molar refractivity (Wildman–Crippen MR) is 281 cm³/mol. The first-order chi connectivity index (χ1) is 30.7. The maximum absolute atomic E-state index is 2.55. The van der Waals surface area contributed by atoms with Gasteiger partial charge in [-0.2, -0.15) is 0 Å². The molecule has 8 aromatic carbocycles. The summed E-state index contributed by atoms with van der Waals surface area (Å²) in [6.45, 7) is 25.3. The van der Waals surface area contributed by atoms with Gasteiger partial charge in [0, 0.05) is 9.79 Å². The fourth-order valence-electron chi connectivity index (χ4n) is 9.95. The average Bonchev–Trinajstić information content (AvgIpc) is 3.24. The third kappa shape index (κ3) is 9.19. The van der Waals surface area contributed by atoms with E-state index in [9.17, 15) is 0 Å². The Morgan fingerprint density at radius 2 is 0.641 bits per heavy atom. The quantitative estimate of drug-likeness (QED) is 0.119. The van der Waals surface area contributed by atoms with Crippen molar-refractivity contribution in [2.75, 3.05) is 0 Å². The maximum Gasteiger partial charge on any atom is 0.0257 e. The lowest BCUT2D eigenvalue weighted by Crippen LogP contribution is -2.14. The molecule has 8 aromatic rings. The van der Waals surface area contributed by atoms with Crippen molar-refractivity contribution in [1.82, 2.24) is 0 Å². The minimum Gasteiger partial charge on any atom is -0.0622 e. The first kappa shape index (κ1) is 45.0. The Hall–Kier alpha value is -5.54. The van der Waals surface area contributed by atoms with E-state index in [0.29, 0.717) is 0 Å². The average molecular weight is 871 g/mol. The molecular weight excluding hydrogens is 809 g/mol. The van der Waals surface area contributed by atoms with Gasteiger partial charge in [0.2, 0.25) is 0 Å². The van der Waals surface area contributed by atoms with E-state index < -0.39 is 0 Å². The Morgan fingerprint density at radius 3 is 0.938 bits per heavy atom. The largest absolute Gasteiger partial charge is 0.0622 e. The van der Waals surface area contributed by atoms with Crippen LogP contribution in [0.2, 0.25) is 0 Å². The van der Waals surface area contributed by atoms with Gasteiger partial charge in [0.1, 0.15) is 0 Å². The molecule has 0 bridgehead atoms. The topological polar surface area (TPSA) is 0 Å². The molecule has 0 atom stereocenters. The second-order valence-corrected chi connectivity index (χ2v) is 21.2. The fraction of sp³-hybridized carbons (Fsp3) is 0.226. The van der Waals surface area contributed by atoms with Gasteiger partial charge >= 0.3 is 0 Å². The molecular formula is C62H62S2. The van der Waals surface area contributed by atoms with Crippen LogP contribution in [-0.2, 0) is 18.3 Å². The van der Waals surface area contributed by atoms with E-state index in [1.165, 1.54) is 127 Å². The minimum atomic E-state index is -0.0810. The first-order valence-electron chi connectivity index (χ1n) is 22.8. The number of rotatable bonds is 11. The van der Waals surface area contributed by atoms with E-state index in [-0.39, 0.29) is 5.41 Å². The molecule has 0 radical (unpaired) electrons. The van der Waals surface area contributed by atoms with Crippen molar-refractivity contribution in [2.45, 2.75) is 104 Å². The highest BCUT2D eigenvalue weighted by Gasteiger charge is 2.26. The number of hydrogen-bond donors (Lipinski definition) is 0. The summed E-state index contributed by atoms with van der Waals surface area (Å²) in [5.41, 5.74) is 27.9. The molecule has 0 aliphatic carbocycles. The molecule has 2 heteroatoms. The van der Waals surface area contributed by atoms with Crippen molar-refractivity contribution in [1.29, 1.82) is 0 Å². The summed E-state index contributed by atoms with van der Waals surface area (Å²) in [5.74, 6) is 0. The molecule has 8 rings (SSSR count). The Bertz CT molecular complexity index is 2600. The molecule has 0 unspecified atom stereocenters. The van der Waals surface area contributed by atoms with Crippen molar-refractivity contribution in [3.05, 3.63) is 224 Å². The molecule has 0 fully saturated rings. The Balaban J connectivity index is 1.44. The lowest BCUT2D eigenvalue weighted by atomic mass is 9.79. The van der Waals surface area contributed by atoms with Gasteiger partial charge in [0.05, 0.1) is 0 Å². The van der Waals surface area contributed by atoms with Crippen LogP contribution in [0.15, 0.2) is 161 Å². The minimum absolute atomic E-state index is 0.0810. The van der Waals surface area contributed by atoms with Crippen LogP contribution < -0.4 is 0 Å². The van der Waals surface area contributed by atoms with Gasteiger partial charge in [0.25, 0.3) is 0 Å². The van der Waals surface area contributed by atoms with Gasteiger partial charge in [-0.05, 0) is 203 Å². The molecule has 0 aliphatic rings. The van der Waals surface area contributed by atoms with Crippen LogP contribution >= 0.6 is 21.6 Å². The zero-order valence-electron chi connectivity index (χ0n) is 39.7. The summed E-state index contributed by atoms with van der Waals surface area (Å²) < 4.78 is 0. The highest BCUT2D eigenvalue weighted by molar-refractivity contribution is 8.76. The molecule has 0 saturated carbocycles. The zero-order chi connectivity index (χ0) is 45.3. The Morgan fingerprint density at radius 1 is 0.344 bits per heavy atom. The highest BCUT2D eigenvalue weighted by atomic mass is 33.1. The Labute approximate surface area is 392 Å². The number of hydrogen-bond acceptors (Lipinski definition) is 2. The van der Waals surface area contributed by atoms with Crippen molar-refractivity contribution >= 4 is 21.6 Å². The standard InChI is InChI=1S/C62H62S2/c1-39-21-15-22-40(2)57(39)51-31-19-32-52(58-41(3)23-16-24-42(58)4)55(51)37-47-35-49(62(9,10)11)36-48(61(47)64-63-50-29-13-12-14-30-50)38-56-53(59-43(5)25-17-26-44(59)6)33-20-34-54(56)60-45(7)27-18-28-46(60)8/h12-36H,37-38H2,1-11H3. The third-order valence-electron chi connectivity index (χ3n) is 13.2. The number of benzene rings is 8. The van der Waals surface area contributed by atoms with Gasteiger partial charge in [-0.1, -0.05) is 182 Å². The van der Waals surface area contributed by atoms with Crippen molar-refractivity contribution in [3.8, 4) is 44.5 Å². The van der Waals surface area contributed by atoms with E-state index >= 15 is 0 Å². The van der Waals surface area contributed by atoms with Gasteiger partial charge in [-0.3, -0.25) is 0 Å². The van der Waals surface area contributed by atoms with Crippen molar-refractivity contribution in [3.63, 3.8) is 0 Å². The van der Waals surface area contributed by atoms with Crippen LogP contribution in [0.1, 0.15) is 93.1 Å². The van der Waals surface area contributed by atoms with Crippen LogP contribution in [0.25, 0.3) is 44.5 Å². The van der Waals surface area contributed by atoms with Crippen LogP contribution in [0, 0.1) is 55.4 Å². The van der Waals surface area contributed by atoms with Gasteiger partial charge < -0.3 is 0 Å². The summed E-state index contributed by atoms with van der Waals surface area (Å²) in [6, 6.07) is 57.0. The summed E-state index contributed by atoms with van der Waals surface area (Å²) >= 11 is 0. The lowest BCUT2D eigenvalue weighted by Gasteiger charge is -2.27. The predicted octanol–water partition coefficient (Wildman–Crippen LogP) is 18.1. The molecule has 0 spiro atoms. The lowest BCUT2D eigenvalue weighted by molar-refractivity contribution is 0.587. The smallest absolute Gasteiger partial charge is 0.0257 e. The normalized spacial score (nSPS) is 11.6. The summed E-state index contributed by atoms with van der Waals surface area (Å²) in [7, 11) is 3.81. The fourth-order valence-corrected chi connectivity index (χ4v) is 12.4. The van der Waals surface area contributed by atoms with Gasteiger partial charge in [0.15, 0.2) is 0 Å². The first-order valence-corrected chi connectivity index (χ1v) is 24.9. The van der Waals surface area contributed by atoms with Crippen LogP contribution in [-0.4, -0.2) is 0 Å². The van der Waals surface area contributed by atoms with E-state index in [2.05, 4.69) is 228 Å². The molecule has 0 aliphatic heterocycles. The number of aryl methyl sites for hydroxylation is 8. The van der Waals surface area contributed by atoms with E-state index in [1.54, 1.807) is 0 Å². The van der Waals surface area contributed by atoms with Crippen LogP contribution in [0.5, 0.6) is 0 Å². The molecule has 0 saturated heterocycles. The van der Waals surface area contributed by atoms with E-state index in [1.807, 2.05) is 21.6 Å². The van der Waals surface area contributed by atoms with E-state index in [0.717, 1.165) is 12.8 Å². The van der Waals surface area contributed by atoms with Gasteiger partial charge in [-0.15, -0.1) is 0 Å². The molecule has 0 heterocycles. The third-order valence-corrected chi connectivity index (χ3v) is 15.7. The van der Waals surface area contributed by atoms with Crippen molar-refractivity contribution in [2.24, 2.45) is 0 Å². The van der Waals surface area contributed by atoms with E-state index in [4.69, 9.17) is 0 Å². The van der Waals surface area contributed by atoms with Crippen LogP contribution in [0.4, 0.5) is 0 Å². The Kier molecular flexibility index (Phi) is 13.3. The monoisotopic (exact) mass is 870 g/mol. The van der Waals surface area contributed by atoms with Crippen molar-refractivity contribution < 1.29 is 0 Å². The molecule has 0 amide bonds. The molecule has 322 valence electrons. The SMILES string of the molecule is Cc1cccc(C)c1-c1cccc(-c2c(C)cccc2C)c1Cc1cc(C(C)(C)C)cc(Cc2c(-c3c(C)cccc3C)cccc2-c2c(C)cccc2C)c1SSc1ccccc1. The summed E-state index contributed by atoms with van der Waals surface area (Å²) in [6.07, 6.45) is 1.59. The summed E-state index contributed by atoms with van der Waals surface area (Å²) in [5, 5.41) is 0.